The minimum absolute atomic E-state index is 0. The summed E-state index contributed by atoms with van der Waals surface area (Å²) in [6.45, 7) is 11.1. The van der Waals surface area contributed by atoms with Crippen LogP contribution < -0.4 is 5.32 Å². The van der Waals surface area contributed by atoms with E-state index in [0.29, 0.717) is 5.56 Å². The number of amides is 1. The fourth-order valence-electron chi connectivity index (χ4n) is 10.6. The molecule has 1 aliphatic heterocycles. The Morgan fingerprint density at radius 2 is 1.61 bits per heavy atom. The predicted octanol–water partition coefficient (Wildman–Crippen LogP) is 3.96. The summed E-state index contributed by atoms with van der Waals surface area (Å²) in [6, 6.07) is 14.3. The van der Waals surface area contributed by atoms with Gasteiger partial charge in [-0.1, -0.05) is 62.4 Å². The van der Waals surface area contributed by atoms with Crippen molar-refractivity contribution in [1.82, 2.24) is 14.9 Å². The van der Waals surface area contributed by atoms with Gasteiger partial charge < -0.3 is 64.3 Å². The van der Waals surface area contributed by atoms with Crippen LogP contribution in [0, 0.1) is 122 Å². The number of aryl methyl sites for hydroxylation is 1. The molecule has 10 unspecified atom stereocenters. The summed E-state index contributed by atoms with van der Waals surface area (Å²) >= 11 is 0. The van der Waals surface area contributed by atoms with Gasteiger partial charge in [-0.15, -0.1) is 0 Å². The van der Waals surface area contributed by atoms with Gasteiger partial charge in [0, 0.05) is 119 Å². The molecule has 1 aromatic heterocycles. The zero-order chi connectivity index (χ0) is 50.6. The van der Waals surface area contributed by atoms with Crippen LogP contribution in [0.2, 0.25) is 0 Å². The van der Waals surface area contributed by atoms with E-state index < -0.39 is 131 Å². The molecule has 5 N–H and O–H groups in total. The number of fused-ring (bicyclic) bond motifs is 5. The number of aromatic nitrogens is 2. The first-order valence-corrected chi connectivity index (χ1v) is 22.4. The van der Waals surface area contributed by atoms with Crippen LogP contribution in [0.4, 0.5) is 15.4 Å². The molecule has 7 rings (SSSR count). The van der Waals surface area contributed by atoms with Crippen LogP contribution >= 0.6 is 0 Å². The maximum absolute atomic E-state index is 15.4. The third-order valence-electron chi connectivity index (χ3n) is 14.2. The number of ether oxygens (including phenoxy) is 6. The number of imidazole rings is 1. The molecule has 3 fully saturated rings. The van der Waals surface area contributed by atoms with Crippen LogP contribution in [0.15, 0.2) is 78.0 Å². The van der Waals surface area contributed by atoms with Gasteiger partial charge in [-0.3, -0.25) is 4.79 Å². The Hall–Kier alpha value is -3.38. The monoisotopic (exact) mass is 1420 g/mol. The van der Waals surface area contributed by atoms with Crippen molar-refractivity contribution in [3.05, 3.63) is 105 Å². The molecule has 21 nitrogen and oxygen atoms in total. The summed E-state index contributed by atoms with van der Waals surface area (Å²) in [4.78, 5) is 85.4. The van der Waals surface area contributed by atoms with Gasteiger partial charge in [-0.2, -0.15) is 0 Å². The Labute approximate surface area is 480 Å². The number of aliphatic hydroxyl groups is 4. The summed E-state index contributed by atoms with van der Waals surface area (Å²) in [7, 11) is 0. The molecule has 2 radical (unpaired) electrons. The molecule has 1 saturated heterocycles. The molecule has 2 bridgehead atoms. The number of rotatable bonds is 12. The maximum Gasteiger partial charge on any atom is 0.508 e. The van der Waals surface area contributed by atoms with Gasteiger partial charge in [-0.25, -0.2) is 28.7 Å². The van der Waals surface area contributed by atoms with Crippen molar-refractivity contribution in [3.63, 3.8) is 0 Å². The van der Waals surface area contributed by atoms with Crippen LogP contribution in [-0.2, 0) is 44.6 Å². The van der Waals surface area contributed by atoms with Crippen LogP contribution in [0.3, 0.4) is 0 Å². The molecule has 2 heterocycles. The van der Waals surface area contributed by atoms with E-state index in [1.807, 2.05) is 0 Å². The largest absolute Gasteiger partial charge is 0.508 e. The van der Waals surface area contributed by atoms with Gasteiger partial charge in [0.15, 0.2) is 17.7 Å². The quantitative estimate of drug-likeness (QED) is 0.0564. The summed E-state index contributed by atoms with van der Waals surface area (Å²) in [5.74, 6) is -5.13. The van der Waals surface area contributed by atoms with Crippen LogP contribution in [-0.4, -0.2) is 132 Å². The SMILES string of the molecule is CC1=C2C(O)C(=O)[C@]3(C)C(OC(=O)OCCn4c([N+](=O)[O-])cnc4C)CC4OCC4(O)C3C(OC(=O)c3ccccc3)C(O)(CC1OC(=O)C(O)C(NC(=O)OC(C)(C)C)c1ccccc1)C2(C)C.[Ac].[Ac]. The zero-order valence-corrected chi connectivity index (χ0v) is 50.1. The zero-order valence-electron chi connectivity index (χ0n) is 40.6. The van der Waals surface area contributed by atoms with Gasteiger partial charge in [-0.05, 0) is 68.4 Å². The number of ketones is 1. The molecule has 1 amide bonds. The van der Waals surface area contributed by atoms with Crippen molar-refractivity contribution in [3.8, 4) is 0 Å². The van der Waals surface area contributed by atoms with E-state index in [1.165, 1.54) is 51.3 Å². The number of hydrogen-bond donors (Lipinski definition) is 5. The van der Waals surface area contributed by atoms with Crippen molar-refractivity contribution in [2.24, 2.45) is 16.7 Å². The number of Topliss-reactive ketones (excluding diaryl/α,β-unsaturated/α-hetero) is 1. The van der Waals surface area contributed by atoms with E-state index in [1.54, 1.807) is 69.3 Å². The third kappa shape index (κ3) is 11.1. The Kier molecular flexibility index (Phi) is 18.3. The Morgan fingerprint density at radius 1 is 0.986 bits per heavy atom. The number of alkyl carbamates (subject to hydrolysis) is 1. The number of hydrogen-bond acceptors (Lipinski definition) is 18. The van der Waals surface area contributed by atoms with Crippen molar-refractivity contribution in [2.45, 2.75) is 134 Å². The molecule has 4 aliphatic rings. The van der Waals surface area contributed by atoms with Crippen molar-refractivity contribution in [1.29, 1.82) is 0 Å². The van der Waals surface area contributed by atoms with E-state index in [9.17, 15) is 49.7 Å². The van der Waals surface area contributed by atoms with E-state index in [4.69, 9.17) is 28.4 Å². The van der Waals surface area contributed by atoms with Crippen molar-refractivity contribution in [2.75, 3.05) is 13.2 Å². The fourth-order valence-corrected chi connectivity index (χ4v) is 10.6. The minimum Gasteiger partial charge on any atom is -0.456 e. The average molecular weight is 1420 g/mol. The van der Waals surface area contributed by atoms with Crippen LogP contribution in [0.1, 0.15) is 89.1 Å². The number of nitrogens with zero attached hydrogens (tertiary/aromatic N) is 3. The Bertz CT molecular complexity index is 2540. The van der Waals surface area contributed by atoms with Gasteiger partial charge in [0.1, 0.15) is 60.6 Å². The topological polar surface area (TPSA) is 295 Å². The molecular weight excluding hydrogens is 1360 g/mol. The summed E-state index contributed by atoms with van der Waals surface area (Å²) in [5.41, 5.74) is -9.22. The van der Waals surface area contributed by atoms with Crippen molar-refractivity contribution < 1.29 is 166 Å². The molecule has 71 heavy (non-hydrogen) atoms. The van der Waals surface area contributed by atoms with Gasteiger partial charge in [0.25, 0.3) is 0 Å². The molecule has 378 valence electrons. The summed E-state index contributed by atoms with van der Waals surface area (Å²) in [6.07, 6.45) is -12.7. The second kappa shape index (κ2) is 22.2. The fraction of sp³-hybridized carbons (Fsp3) is 0.542. The maximum atomic E-state index is 15.4. The predicted molar refractivity (Wildman–Crippen MR) is 238 cm³/mol. The number of benzene rings is 2. The first-order chi connectivity index (χ1) is 32.3. The normalized spacial score (nSPS) is 29.3. The summed E-state index contributed by atoms with van der Waals surface area (Å²) < 4.78 is 36.0. The Morgan fingerprint density at radius 3 is 2.18 bits per heavy atom. The first kappa shape index (κ1) is 58.5. The molecule has 11 atom stereocenters. The number of aliphatic hydroxyl groups excluding tert-OH is 2. The Balaban J connectivity index is 0.00000469. The molecule has 23 heteroatoms. The minimum atomic E-state index is -2.47. The number of esters is 2. The van der Waals surface area contributed by atoms with E-state index in [-0.39, 0.29) is 129 Å². The molecule has 2 saturated carbocycles. The number of nitrogens with one attached hydrogen (secondary N) is 1. The molecule has 3 aromatic rings. The summed E-state index contributed by atoms with van der Waals surface area (Å²) in [5, 5.41) is 64.5. The standard InChI is InChI=1S/C48H58N4O17.2Ac/c1-25-29(66-41(57)36(54)34(27-15-11-9-12-16-27)50-42(58)69-44(3,4)5)22-48(61)39(68-40(56)28-17-13-10-14-18-28)37-46(8,38(55)35(53)33(25)45(48,6)7)30(21-31-47(37,60)24-65-31)67-43(59)64-20-19-51-26(2)49-23-32(51)52(62)63;;/h9-18,23,29-31,34-37,39,53-54,60-61H,19-22,24H2,1-8H3,(H,50,58);;/t29?,30?,31?,34?,35?,36?,37?,39?,46-,47?,48?;;/m1../s1. The van der Waals surface area contributed by atoms with Gasteiger partial charge >= 0.3 is 30.0 Å². The molecule has 0 spiro atoms. The van der Waals surface area contributed by atoms with Crippen LogP contribution in [0.25, 0.3) is 0 Å². The number of nitro groups is 1. The second-order valence-electron chi connectivity index (χ2n) is 19.8. The van der Waals surface area contributed by atoms with Gasteiger partial charge in [0.2, 0.25) is 0 Å². The van der Waals surface area contributed by atoms with E-state index in [2.05, 4.69) is 10.3 Å². The van der Waals surface area contributed by atoms with Crippen LogP contribution in [0.5, 0.6) is 0 Å². The molecule has 3 aliphatic carbocycles. The second-order valence-corrected chi connectivity index (χ2v) is 19.8. The number of carbonyl (C=O) groups excluding carboxylic acids is 5. The van der Waals surface area contributed by atoms with Crippen molar-refractivity contribution >= 4 is 35.8 Å². The molecule has 2 aromatic carbocycles. The van der Waals surface area contributed by atoms with Gasteiger partial charge in [0.05, 0.1) is 29.7 Å². The smallest absolute Gasteiger partial charge is 0.456 e. The first-order valence-electron chi connectivity index (χ1n) is 22.4. The van der Waals surface area contributed by atoms with E-state index in [0.717, 1.165) is 6.20 Å². The third-order valence-corrected chi connectivity index (χ3v) is 14.2. The molecular formula is C48H58Ac2N4O17. The average Bonchev–Trinajstić information content (AvgIpc) is 3.66. The van der Waals surface area contributed by atoms with E-state index >= 15 is 4.79 Å². The number of carbonyl (C=O) groups is 5.